The molecule has 192 valence electrons. The van der Waals surface area contributed by atoms with Crippen LogP contribution in [0.25, 0.3) is 11.1 Å². The second kappa shape index (κ2) is 13.1. The number of halogens is 2. The predicted molar refractivity (Wildman–Crippen MR) is 144 cm³/mol. The molecule has 1 aliphatic heterocycles. The number of nitrogens with one attached hydrogen (secondary N) is 3. The summed E-state index contributed by atoms with van der Waals surface area (Å²) >= 11 is 13.1. The van der Waals surface area contributed by atoms with E-state index in [4.69, 9.17) is 32.7 Å². The summed E-state index contributed by atoms with van der Waals surface area (Å²) in [4.78, 5) is 8.95. The highest BCUT2D eigenvalue weighted by atomic mass is 35.5. The van der Waals surface area contributed by atoms with Crippen molar-refractivity contribution in [1.29, 1.82) is 0 Å². The Morgan fingerprint density at radius 1 is 1.00 bits per heavy atom. The van der Waals surface area contributed by atoms with Crippen LogP contribution in [0, 0.1) is 5.92 Å². The largest absolute Gasteiger partial charge is 0.384 e. The van der Waals surface area contributed by atoms with Gasteiger partial charge in [-0.25, -0.2) is 9.97 Å². The van der Waals surface area contributed by atoms with Gasteiger partial charge in [0.15, 0.2) is 0 Å². The van der Waals surface area contributed by atoms with Gasteiger partial charge in [0, 0.05) is 62.3 Å². The minimum Gasteiger partial charge on any atom is -0.384 e. The number of methoxy groups -OCH3 is 1. The van der Waals surface area contributed by atoms with E-state index in [9.17, 15) is 0 Å². The van der Waals surface area contributed by atoms with Crippen LogP contribution in [0.1, 0.15) is 45.4 Å². The quantitative estimate of drug-likeness (QED) is 0.349. The Kier molecular flexibility index (Phi) is 9.86. The summed E-state index contributed by atoms with van der Waals surface area (Å²) in [6.45, 7) is 5.47. The summed E-state index contributed by atoms with van der Waals surface area (Å²) in [7, 11) is 1.75. The maximum Gasteiger partial charge on any atom is 0.137 e. The molecule has 0 spiro atoms. The van der Waals surface area contributed by atoms with Gasteiger partial charge < -0.3 is 25.4 Å². The van der Waals surface area contributed by atoms with Gasteiger partial charge >= 0.3 is 0 Å². The van der Waals surface area contributed by atoms with Gasteiger partial charge in [-0.3, -0.25) is 0 Å². The van der Waals surface area contributed by atoms with Gasteiger partial charge in [0.25, 0.3) is 0 Å². The van der Waals surface area contributed by atoms with E-state index >= 15 is 0 Å². The first-order valence-corrected chi connectivity index (χ1v) is 13.4. The average Bonchev–Trinajstić information content (AvgIpc) is 2.87. The minimum absolute atomic E-state index is 0.371. The van der Waals surface area contributed by atoms with Crippen LogP contribution in [0.3, 0.4) is 0 Å². The number of pyridine rings is 2. The third-order valence-corrected chi connectivity index (χ3v) is 7.54. The molecule has 1 saturated heterocycles. The zero-order chi connectivity index (χ0) is 24.6. The molecule has 1 saturated carbocycles. The molecule has 3 N–H and O–H groups in total. The molecule has 9 heteroatoms. The Labute approximate surface area is 218 Å². The van der Waals surface area contributed by atoms with E-state index in [2.05, 4.69) is 32.8 Å². The lowest BCUT2D eigenvalue weighted by molar-refractivity contribution is 0.0699. The molecule has 1 aliphatic carbocycles. The van der Waals surface area contributed by atoms with E-state index in [0.717, 1.165) is 87.5 Å². The third kappa shape index (κ3) is 7.67. The number of ether oxygens (including phenoxy) is 2. The van der Waals surface area contributed by atoms with Crippen LogP contribution < -0.4 is 16.0 Å². The molecular weight excluding hydrogens is 485 g/mol. The van der Waals surface area contributed by atoms with E-state index in [0.29, 0.717) is 34.2 Å². The highest BCUT2D eigenvalue weighted by molar-refractivity contribution is 6.36. The molecule has 0 bridgehead atoms. The van der Waals surface area contributed by atoms with Crippen molar-refractivity contribution in [3.05, 3.63) is 34.7 Å². The molecule has 1 unspecified atom stereocenters. The lowest BCUT2D eigenvalue weighted by Crippen LogP contribution is -2.42. The molecule has 3 heterocycles. The Morgan fingerprint density at radius 3 is 2.49 bits per heavy atom. The molecule has 0 aromatic carbocycles. The number of rotatable bonds is 10. The van der Waals surface area contributed by atoms with Crippen LogP contribution in [-0.2, 0) is 9.47 Å². The van der Waals surface area contributed by atoms with Crippen LogP contribution in [0.5, 0.6) is 0 Å². The van der Waals surface area contributed by atoms with E-state index in [1.807, 2.05) is 12.1 Å². The fourth-order valence-corrected chi connectivity index (χ4v) is 5.39. The lowest BCUT2D eigenvalue weighted by atomic mass is 9.90. The molecular formula is C26H37Cl2N5O2. The second-order valence-corrected chi connectivity index (χ2v) is 10.5. The predicted octanol–water partition coefficient (Wildman–Crippen LogP) is 5.64. The molecule has 7 nitrogen and oxygen atoms in total. The molecule has 1 atom stereocenters. The summed E-state index contributed by atoms with van der Waals surface area (Å²) in [6.07, 6.45) is 10.1. The van der Waals surface area contributed by atoms with Crippen molar-refractivity contribution in [2.24, 2.45) is 5.92 Å². The van der Waals surface area contributed by atoms with Crippen LogP contribution in [0.2, 0.25) is 10.2 Å². The third-order valence-electron chi connectivity index (χ3n) is 6.94. The molecule has 2 fully saturated rings. The van der Waals surface area contributed by atoms with E-state index in [1.54, 1.807) is 19.5 Å². The van der Waals surface area contributed by atoms with Crippen molar-refractivity contribution in [3.63, 3.8) is 0 Å². The Bertz CT molecular complexity index is 949. The summed E-state index contributed by atoms with van der Waals surface area (Å²) < 4.78 is 10.7. The molecule has 35 heavy (non-hydrogen) atoms. The van der Waals surface area contributed by atoms with Gasteiger partial charge in [-0.2, -0.15) is 0 Å². The van der Waals surface area contributed by atoms with Crippen LogP contribution in [0.4, 0.5) is 11.5 Å². The van der Waals surface area contributed by atoms with Crippen molar-refractivity contribution in [1.82, 2.24) is 15.3 Å². The number of nitrogens with zero attached hydrogens (tertiary/aromatic N) is 2. The molecule has 0 amide bonds. The summed E-state index contributed by atoms with van der Waals surface area (Å²) in [5.74, 6) is 1.42. The minimum atomic E-state index is 0.371. The van der Waals surface area contributed by atoms with Crippen LogP contribution >= 0.6 is 23.2 Å². The standard InChI is InChI=1S/C26H37Cl2N5O2/c1-17(16-34-2)32-19-3-5-20(6-4-19)33-25-12-22(24(27)15-30-25)23-11-21(14-31-26(23)28)29-13-18-7-9-35-10-8-18/h11-12,14-15,17-20,29,32H,3-10,13,16H2,1-2H3,(H,30,33). The first-order chi connectivity index (χ1) is 17.0. The van der Waals surface area contributed by atoms with Crippen molar-refractivity contribution in [3.8, 4) is 11.1 Å². The smallest absolute Gasteiger partial charge is 0.137 e. The number of anilines is 2. The Morgan fingerprint density at radius 2 is 1.74 bits per heavy atom. The van der Waals surface area contributed by atoms with Crippen molar-refractivity contribution in [2.75, 3.05) is 44.1 Å². The molecule has 2 aliphatic rings. The Balaban J connectivity index is 1.38. The molecule has 0 radical (unpaired) electrons. The van der Waals surface area contributed by atoms with Gasteiger partial charge in [0.2, 0.25) is 0 Å². The van der Waals surface area contributed by atoms with E-state index < -0.39 is 0 Å². The van der Waals surface area contributed by atoms with Gasteiger partial charge in [-0.1, -0.05) is 23.2 Å². The van der Waals surface area contributed by atoms with Crippen molar-refractivity contribution in [2.45, 2.75) is 63.6 Å². The first kappa shape index (κ1) is 26.4. The van der Waals surface area contributed by atoms with Gasteiger partial charge in [0.05, 0.1) is 23.5 Å². The number of hydrogen-bond acceptors (Lipinski definition) is 7. The molecule has 2 aromatic heterocycles. The molecule has 2 aromatic rings. The van der Waals surface area contributed by atoms with Crippen LogP contribution in [-0.4, -0.2) is 61.6 Å². The average molecular weight is 523 g/mol. The zero-order valence-electron chi connectivity index (χ0n) is 20.7. The second-order valence-electron chi connectivity index (χ2n) is 9.76. The van der Waals surface area contributed by atoms with Crippen molar-refractivity contribution >= 4 is 34.7 Å². The lowest BCUT2D eigenvalue weighted by Gasteiger charge is -2.32. The SMILES string of the molecule is COCC(C)NC1CCC(Nc2cc(-c3cc(NCC4CCOCC4)cnc3Cl)c(Cl)cn2)CC1. The maximum atomic E-state index is 6.56. The number of aromatic nitrogens is 2. The monoisotopic (exact) mass is 521 g/mol. The zero-order valence-corrected chi connectivity index (χ0v) is 22.2. The van der Waals surface area contributed by atoms with Gasteiger partial charge in [-0.05, 0) is 63.5 Å². The van der Waals surface area contributed by atoms with Crippen molar-refractivity contribution < 1.29 is 9.47 Å². The molecule has 4 rings (SSSR count). The first-order valence-electron chi connectivity index (χ1n) is 12.7. The highest BCUT2D eigenvalue weighted by Crippen LogP contribution is 2.35. The fraction of sp³-hybridized carbons (Fsp3) is 0.615. The maximum absolute atomic E-state index is 6.56. The van der Waals surface area contributed by atoms with E-state index in [-0.39, 0.29) is 0 Å². The normalized spacial score (nSPS) is 22.1. The van der Waals surface area contributed by atoms with Crippen LogP contribution in [0.15, 0.2) is 24.5 Å². The topological polar surface area (TPSA) is 80.3 Å². The summed E-state index contributed by atoms with van der Waals surface area (Å²) in [6, 6.07) is 5.30. The van der Waals surface area contributed by atoms with E-state index in [1.165, 1.54) is 0 Å². The van der Waals surface area contributed by atoms with Gasteiger partial charge in [0.1, 0.15) is 11.0 Å². The Hall–Kier alpha value is -1.64. The summed E-state index contributed by atoms with van der Waals surface area (Å²) in [5, 5.41) is 11.8. The van der Waals surface area contributed by atoms with Gasteiger partial charge in [-0.15, -0.1) is 0 Å². The highest BCUT2D eigenvalue weighted by Gasteiger charge is 2.23. The summed E-state index contributed by atoms with van der Waals surface area (Å²) in [5.41, 5.74) is 2.58. The number of hydrogen-bond donors (Lipinski definition) is 3. The fourth-order valence-electron chi connectivity index (χ4n) is 4.98.